The molecule has 0 aliphatic heterocycles. The Hall–Kier alpha value is -2.49. The third-order valence-corrected chi connectivity index (χ3v) is 5.22. The molecule has 1 aliphatic rings. The first kappa shape index (κ1) is 20.8. The predicted molar refractivity (Wildman–Crippen MR) is 105 cm³/mol. The zero-order valence-corrected chi connectivity index (χ0v) is 16.4. The van der Waals surface area contributed by atoms with E-state index in [1.165, 1.54) is 31.5 Å². The van der Waals surface area contributed by atoms with Crippen molar-refractivity contribution in [3.8, 4) is 11.5 Å². The van der Waals surface area contributed by atoms with Gasteiger partial charge in [0.1, 0.15) is 5.84 Å². The van der Waals surface area contributed by atoms with E-state index in [1.54, 1.807) is 38.3 Å². The number of likely N-dealkylation sites (N-methyl/N-ethyl adjacent to an activating group) is 1. The minimum absolute atomic E-state index is 0.0185. The smallest absolute Gasteiger partial charge is 0.183 e. The molecule has 0 amide bonds. The number of hydrogen-bond acceptors (Lipinski definition) is 6. The summed E-state index contributed by atoms with van der Waals surface area (Å²) in [6.07, 6.45) is 4.54. The van der Waals surface area contributed by atoms with Crippen LogP contribution in [0, 0.1) is 11.3 Å². The highest BCUT2D eigenvalue weighted by atomic mass is 32.2. The number of hydrazone groups is 1. The Bertz CT molecular complexity index is 834. The molecule has 27 heavy (non-hydrogen) atoms. The molecule has 2 rings (SSSR count). The molecule has 3 atom stereocenters. The van der Waals surface area contributed by atoms with Crippen LogP contribution in [0.2, 0.25) is 0 Å². The number of nitrogens with one attached hydrogen (secondary N) is 1. The Morgan fingerprint density at radius 2 is 2.11 bits per heavy atom. The Labute approximate surface area is 160 Å². The number of phenolic OH excluding ortho intramolecular Hbond substituents is 1. The summed E-state index contributed by atoms with van der Waals surface area (Å²) >= 11 is -2.23. The highest BCUT2D eigenvalue weighted by molar-refractivity contribution is 7.83. The average Bonchev–Trinajstić information content (AvgIpc) is 2.65. The molecule has 0 radical (unpaired) electrons. The van der Waals surface area contributed by atoms with E-state index in [0.717, 1.165) is 0 Å². The van der Waals surface area contributed by atoms with Crippen molar-refractivity contribution in [1.29, 1.82) is 5.41 Å². The molecule has 3 N–H and O–H groups in total. The fourth-order valence-corrected chi connectivity index (χ4v) is 3.53. The van der Waals surface area contributed by atoms with Crippen molar-refractivity contribution < 1.29 is 23.3 Å². The highest BCUT2D eigenvalue weighted by Crippen LogP contribution is 2.30. The highest BCUT2D eigenvalue weighted by Gasteiger charge is 2.30. The third-order valence-electron chi connectivity index (χ3n) is 4.25. The topological polar surface area (TPSA) is 115 Å². The molecule has 0 saturated carbocycles. The van der Waals surface area contributed by atoms with Crippen LogP contribution in [0.25, 0.3) is 0 Å². The van der Waals surface area contributed by atoms with Crippen LogP contribution in [-0.2, 0) is 15.8 Å². The molecule has 3 unspecified atom stereocenters. The molecular formula is C18H23N3O5S. The number of benzene rings is 1. The van der Waals surface area contributed by atoms with Gasteiger partial charge in [0.15, 0.2) is 22.6 Å². The van der Waals surface area contributed by atoms with Gasteiger partial charge in [0.25, 0.3) is 0 Å². The molecule has 1 aromatic carbocycles. The second-order valence-electron chi connectivity index (χ2n) is 5.92. The minimum atomic E-state index is -2.23. The summed E-state index contributed by atoms with van der Waals surface area (Å²) in [7, 11) is 4.55. The van der Waals surface area contributed by atoms with Crippen LogP contribution >= 0.6 is 0 Å². The SMILES string of the molecule is COc1cc(/C=N/N(C)C(=N)C2=C(S(=O)O)C(C)C(OC)C=C2)ccc1O. The Balaban J connectivity index is 2.26. The van der Waals surface area contributed by atoms with Crippen LogP contribution in [0.1, 0.15) is 12.5 Å². The second kappa shape index (κ2) is 8.94. The van der Waals surface area contributed by atoms with Gasteiger partial charge >= 0.3 is 0 Å². The van der Waals surface area contributed by atoms with E-state index in [0.29, 0.717) is 16.9 Å². The first-order chi connectivity index (χ1) is 12.8. The fourth-order valence-electron chi connectivity index (χ4n) is 2.73. The van der Waals surface area contributed by atoms with Gasteiger partial charge in [-0.2, -0.15) is 5.10 Å². The average molecular weight is 393 g/mol. The lowest BCUT2D eigenvalue weighted by Gasteiger charge is -2.28. The Morgan fingerprint density at radius 3 is 2.70 bits per heavy atom. The molecule has 0 heterocycles. The van der Waals surface area contributed by atoms with Crippen LogP contribution in [0.15, 0.2) is 45.9 Å². The van der Waals surface area contributed by atoms with E-state index in [4.69, 9.17) is 14.9 Å². The van der Waals surface area contributed by atoms with Gasteiger partial charge in [0.05, 0.1) is 24.3 Å². The summed E-state index contributed by atoms with van der Waals surface area (Å²) in [6, 6.07) is 4.74. The largest absolute Gasteiger partial charge is 0.504 e. The number of nitrogens with zero attached hydrogens (tertiary/aromatic N) is 2. The van der Waals surface area contributed by atoms with Crippen LogP contribution < -0.4 is 4.74 Å². The van der Waals surface area contributed by atoms with Crippen molar-refractivity contribution in [3.63, 3.8) is 0 Å². The van der Waals surface area contributed by atoms with E-state index < -0.39 is 11.1 Å². The van der Waals surface area contributed by atoms with Gasteiger partial charge in [-0.25, -0.2) is 4.21 Å². The maximum atomic E-state index is 11.8. The molecule has 0 spiro atoms. The summed E-state index contributed by atoms with van der Waals surface area (Å²) in [5, 5.41) is 23.5. The fraction of sp³-hybridized carbons (Fsp3) is 0.333. The maximum Gasteiger partial charge on any atom is 0.183 e. The lowest BCUT2D eigenvalue weighted by molar-refractivity contribution is 0.110. The van der Waals surface area contributed by atoms with Crippen LogP contribution in [0.4, 0.5) is 0 Å². The van der Waals surface area contributed by atoms with E-state index in [1.807, 2.05) is 0 Å². The number of rotatable bonds is 6. The molecule has 8 nitrogen and oxygen atoms in total. The number of phenols is 1. The first-order valence-electron chi connectivity index (χ1n) is 8.09. The molecule has 146 valence electrons. The number of methoxy groups -OCH3 is 2. The number of hydrogen-bond donors (Lipinski definition) is 3. The number of amidine groups is 1. The monoisotopic (exact) mass is 393 g/mol. The molecular weight excluding hydrogens is 370 g/mol. The maximum absolute atomic E-state index is 11.8. The van der Waals surface area contributed by atoms with Crippen LogP contribution in [0.5, 0.6) is 11.5 Å². The molecule has 1 aliphatic carbocycles. The third kappa shape index (κ3) is 4.62. The first-order valence-corrected chi connectivity index (χ1v) is 9.20. The van der Waals surface area contributed by atoms with Gasteiger partial charge in [-0.1, -0.05) is 19.1 Å². The summed E-state index contributed by atoms with van der Waals surface area (Å²) in [6.45, 7) is 1.78. The van der Waals surface area contributed by atoms with E-state index in [-0.39, 0.29) is 28.5 Å². The molecule has 0 saturated heterocycles. The summed E-state index contributed by atoms with van der Waals surface area (Å²) < 4.78 is 31.9. The zero-order valence-electron chi connectivity index (χ0n) is 15.5. The van der Waals surface area contributed by atoms with Gasteiger partial charge < -0.3 is 19.1 Å². The van der Waals surface area contributed by atoms with Gasteiger partial charge in [-0.05, 0) is 23.8 Å². The summed E-state index contributed by atoms with van der Waals surface area (Å²) in [5.41, 5.74) is 0.996. The van der Waals surface area contributed by atoms with Crippen LogP contribution in [0.3, 0.4) is 0 Å². The molecule has 9 heteroatoms. The lowest BCUT2D eigenvalue weighted by atomic mass is 9.94. The van der Waals surface area contributed by atoms with E-state index >= 15 is 0 Å². The molecule has 1 aromatic rings. The second-order valence-corrected chi connectivity index (χ2v) is 6.86. The van der Waals surface area contributed by atoms with Gasteiger partial charge in [0, 0.05) is 25.6 Å². The summed E-state index contributed by atoms with van der Waals surface area (Å²) in [5.74, 6) is -0.0380. The van der Waals surface area contributed by atoms with Crippen molar-refractivity contribution in [2.75, 3.05) is 21.3 Å². The minimum Gasteiger partial charge on any atom is -0.504 e. The van der Waals surface area contributed by atoms with Crippen molar-refractivity contribution in [1.82, 2.24) is 5.01 Å². The van der Waals surface area contributed by atoms with Crippen molar-refractivity contribution >= 4 is 23.1 Å². The van der Waals surface area contributed by atoms with Crippen molar-refractivity contribution in [2.45, 2.75) is 13.0 Å². The van der Waals surface area contributed by atoms with Crippen molar-refractivity contribution in [3.05, 3.63) is 46.4 Å². The molecule has 0 fully saturated rings. The molecule has 0 bridgehead atoms. The normalized spacial score (nSPS) is 20.8. The van der Waals surface area contributed by atoms with Crippen molar-refractivity contribution in [2.24, 2.45) is 11.0 Å². The lowest BCUT2D eigenvalue weighted by Crippen LogP contribution is -2.31. The van der Waals surface area contributed by atoms with Crippen LogP contribution in [-0.4, -0.2) is 58.3 Å². The predicted octanol–water partition coefficient (Wildman–Crippen LogP) is 2.34. The number of ether oxygens (including phenoxy) is 2. The Morgan fingerprint density at radius 1 is 1.41 bits per heavy atom. The zero-order chi connectivity index (χ0) is 20.1. The van der Waals surface area contributed by atoms with Gasteiger partial charge in [0.2, 0.25) is 0 Å². The molecule has 0 aromatic heterocycles. The Kier molecular flexibility index (Phi) is 6.89. The number of aromatic hydroxyl groups is 1. The van der Waals surface area contributed by atoms with Gasteiger partial charge in [-0.3, -0.25) is 10.4 Å². The van der Waals surface area contributed by atoms with E-state index in [9.17, 15) is 13.9 Å². The van der Waals surface area contributed by atoms with E-state index in [2.05, 4.69) is 5.10 Å². The standard InChI is InChI=1S/C18H23N3O5S/c1-11-15(25-3)8-6-13(17(11)27(23)24)18(19)21(2)20-10-12-5-7-14(22)16(9-12)26-4/h5-11,15,19,22H,1-4H3,(H,23,24)/b19-18?,20-10+. The summed E-state index contributed by atoms with van der Waals surface area (Å²) in [4.78, 5) is 0.225. The van der Waals surface area contributed by atoms with Gasteiger partial charge in [-0.15, -0.1) is 0 Å². The quantitative estimate of drug-likeness (QED) is 0.296.